The van der Waals surface area contributed by atoms with Crippen LogP contribution < -0.4 is 10.6 Å². The summed E-state index contributed by atoms with van der Waals surface area (Å²) in [5.41, 5.74) is 3.38. The van der Waals surface area contributed by atoms with Crippen LogP contribution in [0.2, 0.25) is 10.0 Å². The summed E-state index contributed by atoms with van der Waals surface area (Å²) in [4.78, 5) is 26.5. The Hall–Kier alpha value is -2.08. The van der Waals surface area contributed by atoms with Crippen molar-refractivity contribution >= 4 is 46.4 Å². The van der Waals surface area contributed by atoms with E-state index >= 15 is 0 Å². The third kappa shape index (κ3) is 5.70. The lowest BCUT2D eigenvalue weighted by Crippen LogP contribution is -2.43. The zero-order valence-corrected chi connectivity index (χ0v) is 17.3. The van der Waals surface area contributed by atoms with Gasteiger partial charge in [0.25, 0.3) is 0 Å². The molecule has 0 saturated carbocycles. The van der Waals surface area contributed by atoms with Crippen molar-refractivity contribution in [2.45, 2.75) is 26.8 Å². The monoisotopic (exact) mass is 407 g/mol. The highest BCUT2D eigenvalue weighted by atomic mass is 35.5. The van der Waals surface area contributed by atoms with Crippen LogP contribution in [-0.4, -0.2) is 36.3 Å². The van der Waals surface area contributed by atoms with E-state index in [9.17, 15) is 9.59 Å². The molecule has 0 aliphatic carbocycles. The van der Waals surface area contributed by atoms with Crippen molar-refractivity contribution in [3.63, 3.8) is 0 Å². The number of carbonyl (C=O) groups excluding carboxylic acids is 2. The molecule has 0 bridgehead atoms. The molecular formula is C20H23Cl2N3O2. The number of aryl methyl sites for hydroxylation is 1. The molecule has 0 spiro atoms. The standard InChI is InChI=1S/C20H23Cl2N3O2/c1-12-6-5-7-17(13(12)2)23-19(26)11-25(4)14(3)20(27)24-18-9-8-15(21)10-16(18)22/h5-10,14H,11H2,1-4H3,(H,23,26)(H,24,27)/t14-/m0/s1. The number of nitrogens with one attached hydrogen (secondary N) is 2. The van der Waals surface area contributed by atoms with Gasteiger partial charge in [0.15, 0.2) is 0 Å². The van der Waals surface area contributed by atoms with Gasteiger partial charge in [0, 0.05) is 10.7 Å². The van der Waals surface area contributed by atoms with E-state index in [0.717, 1.165) is 16.8 Å². The lowest BCUT2D eigenvalue weighted by atomic mass is 10.1. The minimum atomic E-state index is -0.527. The van der Waals surface area contributed by atoms with E-state index in [1.165, 1.54) is 0 Å². The Morgan fingerprint density at radius 1 is 1.07 bits per heavy atom. The molecule has 0 unspecified atom stereocenters. The molecule has 144 valence electrons. The van der Waals surface area contributed by atoms with E-state index in [1.807, 2.05) is 32.0 Å². The van der Waals surface area contributed by atoms with Crippen molar-refractivity contribution in [3.05, 3.63) is 57.6 Å². The smallest absolute Gasteiger partial charge is 0.241 e. The number of likely N-dealkylation sites (N-methyl/N-ethyl adjacent to an activating group) is 1. The Bertz CT molecular complexity index is 855. The van der Waals surface area contributed by atoms with Crippen molar-refractivity contribution in [2.24, 2.45) is 0 Å². The Kier molecular flexibility index (Phi) is 7.25. The van der Waals surface area contributed by atoms with Crippen LogP contribution in [0.1, 0.15) is 18.1 Å². The highest BCUT2D eigenvalue weighted by Crippen LogP contribution is 2.25. The van der Waals surface area contributed by atoms with Crippen molar-refractivity contribution < 1.29 is 9.59 Å². The van der Waals surface area contributed by atoms with Crippen LogP contribution >= 0.6 is 23.2 Å². The van der Waals surface area contributed by atoms with Gasteiger partial charge in [0.2, 0.25) is 11.8 Å². The van der Waals surface area contributed by atoms with E-state index in [1.54, 1.807) is 37.1 Å². The molecule has 0 heterocycles. The van der Waals surface area contributed by atoms with Crippen molar-refractivity contribution in [1.82, 2.24) is 4.90 Å². The summed E-state index contributed by atoms with van der Waals surface area (Å²) in [6.07, 6.45) is 0. The molecule has 0 aliphatic rings. The number of carbonyl (C=O) groups is 2. The Morgan fingerprint density at radius 2 is 1.78 bits per heavy atom. The van der Waals surface area contributed by atoms with Crippen LogP contribution in [0.5, 0.6) is 0 Å². The molecule has 2 amide bonds. The predicted molar refractivity (Wildman–Crippen MR) is 112 cm³/mol. The van der Waals surface area contributed by atoms with Gasteiger partial charge in [0.05, 0.1) is 23.3 Å². The normalized spacial score (nSPS) is 12.0. The summed E-state index contributed by atoms with van der Waals surface area (Å²) in [7, 11) is 1.72. The summed E-state index contributed by atoms with van der Waals surface area (Å²) in [5.74, 6) is -0.448. The maximum atomic E-state index is 12.5. The Labute approximate surface area is 169 Å². The zero-order valence-electron chi connectivity index (χ0n) is 15.8. The van der Waals surface area contributed by atoms with E-state index in [4.69, 9.17) is 23.2 Å². The first kappa shape index (κ1) is 21.2. The third-order valence-corrected chi connectivity index (χ3v) is 5.05. The van der Waals surface area contributed by atoms with Crippen LogP contribution in [-0.2, 0) is 9.59 Å². The Balaban J connectivity index is 1.95. The summed E-state index contributed by atoms with van der Waals surface area (Å²) in [6.45, 7) is 5.76. The van der Waals surface area contributed by atoms with E-state index < -0.39 is 6.04 Å². The summed E-state index contributed by atoms with van der Waals surface area (Å²) < 4.78 is 0. The molecule has 0 fully saturated rings. The van der Waals surface area contributed by atoms with Crippen LogP contribution in [0.25, 0.3) is 0 Å². The molecule has 7 heteroatoms. The molecule has 0 aliphatic heterocycles. The van der Waals surface area contributed by atoms with Gasteiger partial charge < -0.3 is 10.6 Å². The van der Waals surface area contributed by atoms with Crippen molar-refractivity contribution in [1.29, 1.82) is 0 Å². The van der Waals surface area contributed by atoms with Crippen LogP contribution in [0, 0.1) is 13.8 Å². The van der Waals surface area contributed by atoms with Crippen LogP contribution in [0.3, 0.4) is 0 Å². The lowest BCUT2D eigenvalue weighted by Gasteiger charge is -2.23. The molecule has 0 saturated heterocycles. The summed E-state index contributed by atoms with van der Waals surface area (Å²) in [5, 5.41) is 6.50. The number of halogens is 2. The largest absolute Gasteiger partial charge is 0.325 e. The van der Waals surface area contributed by atoms with E-state index in [0.29, 0.717) is 15.7 Å². The molecule has 0 aromatic heterocycles. The van der Waals surface area contributed by atoms with Crippen molar-refractivity contribution in [3.8, 4) is 0 Å². The maximum Gasteiger partial charge on any atom is 0.241 e. The van der Waals surface area contributed by atoms with E-state index in [2.05, 4.69) is 10.6 Å². The average molecular weight is 408 g/mol. The molecule has 2 N–H and O–H groups in total. The molecule has 0 radical (unpaired) electrons. The highest BCUT2D eigenvalue weighted by Gasteiger charge is 2.21. The minimum Gasteiger partial charge on any atom is -0.325 e. The fourth-order valence-corrected chi connectivity index (χ4v) is 2.92. The molecule has 2 rings (SSSR count). The van der Waals surface area contributed by atoms with Gasteiger partial charge in [-0.2, -0.15) is 0 Å². The lowest BCUT2D eigenvalue weighted by molar-refractivity contribution is -0.122. The SMILES string of the molecule is Cc1cccc(NC(=O)CN(C)[C@@H](C)C(=O)Nc2ccc(Cl)cc2Cl)c1C. The molecule has 5 nitrogen and oxygen atoms in total. The number of amides is 2. The second kappa shape index (κ2) is 9.22. The van der Waals surface area contributed by atoms with Gasteiger partial charge in [-0.3, -0.25) is 14.5 Å². The fraction of sp³-hybridized carbons (Fsp3) is 0.300. The number of nitrogens with zero attached hydrogens (tertiary/aromatic N) is 1. The first-order valence-corrected chi connectivity index (χ1v) is 9.27. The fourth-order valence-electron chi connectivity index (χ4n) is 2.47. The van der Waals surface area contributed by atoms with Gasteiger partial charge in [-0.15, -0.1) is 0 Å². The second-order valence-electron chi connectivity index (χ2n) is 6.50. The van der Waals surface area contributed by atoms with Crippen LogP contribution in [0.4, 0.5) is 11.4 Å². The number of anilines is 2. The zero-order chi connectivity index (χ0) is 20.1. The molecular weight excluding hydrogens is 385 g/mol. The average Bonchev–Trinajstić information content (AvgIpc) is 2.60. The summed E-state index contributed by atoms with van der Waals surface area (Å²) in [6, 6.07) is 10.1. The molecule has 2 aromatic carbocycles. The second-order valence-corrected chi connectivity index (χ2v) is 7.34. The number of hydrogen-bond acceptors (Lipinski definition) is 3. The maximum absolute atomic E-state index is 12.5. The quantitative estimate of drug-likeness (QED) is 0.740. The van der Waals surface area contributed by atoms with Crippen molar-refractivity contribution in [2.75, 3.05) is 24.2 Å². The topological polar surface area (TPSA) is 61.4 Å². The Morgan fingerprint density at radius 3 is 2.44 bits per heavy atom. The van der Waals surface area contributed by atoms with Gasteiger partial charge in [-0.1, -0.05) is 35.3 Å². The summed E-state index contributed by atoms with van der Waals surface area (Å²) >= 11 is 11.9. The number of rotatable bonds is 6. The third-order valence-electron chi connectivity index (χ3n) is 4.50. The highest BCUT2D eigenvalue weighted by molar-refractivity contribution is 6.36. The van der Waals surface area contributed by atoms with Gasteiger partial charge in [-0.25, -0.2) is 0 Å². The first-order valence-electron chi connectivity index (χ1n) is 8.51. The molecule has 27 heavy (non-hydrogen) atoms. The predicted octanol–water partition coefficient (Wildman–Crippen LogP) is 4.51. The molecule has 2 aromatic rings. The van der Waals surface area contributed by atoms with Gasteiger partial charge in [-0.05, 0) is 63.2 Å². The van der Waals surface area contributed by atoms with Crippen LogP contribution in [0.15, 0.2) is 36.4 Å². The van der Waals surface area contributed by atoms with E-state index in [-0.39, 0.29) is 18.4 Å². The van der Waals surface area contributed by atoms with Gasteiger partial charge in [0.1, 0.15) is 0 Å². The number of hydrogen-bond donors (Lipinski definition) is 2. The molecule has 1 atom stereocenters. The first-order chi connectivity index (χ1) is 12.7. The van der Waals surface area contributed by atoms with Gasteiger partial charge >= 0.3 is 0 Å². The number of benzene rings is 2. The minimum absolute atomic E-state index is 0.0797.